The van der Waals surface area contributed by atoms with Gasteiger partial charge in [-0.1, -0.05) is 18.5 Å². The predicted octanol–water partition coefficient (Wildman–Crippen LogP) is 1.86. The first-order valence-corrected chi connectivity index (χ1v) is 6.78. The van der Waals surface area contributed by atoms with Crippen molar-refractivity contribution < 1.29 is 9.59 Å². The molecular formula is C14H20ClN3O2. The van der Waals surface area contributed by atoms with Gasteiger partial charge in [0.1, 0.15) is 6.54 Å². The zero-order valence-electron chi connectivity index (χ0n) is 12.0. The van der Waals surface area contributed by atoms with Crippen molar-refractivity contribution in [3.63, 3.8) is 0 Å². The lowest BCUT2D eigenvalue weighted by atomic mass is 10.1. The van der Waals surface area contributed by atoms with Gasteiger partial charge in [0.25, 0.3) is 5.91 Å². The lowest BCUT2D eigenvalue weighted by molar-refractivity contribution is -0.129. The third-order valence-corrected chi connectivity index (χ3v) is 2.99. The monoisotopic (exact) mass is 297 g/mol. The molecule has 1 rings (SSSR count). The molecule has 2 amide bonds. The van der Waals surface area contributed by atoms with Gasteiger partial charge in [0, 0.05) is 36.9 Å². The number of hydrogen-bond donors (Lipinski definition) is 1. The fourth-order valence-corrected chi connectivity index (χ4v) is 1.99. The van der Waals surface area contributed by atoms with E-state index in [9.17, 15) is 9.59 Å². The summed E-state index contributed by atoms with van der Waals surface area (Å²) in [7, 11) is 3.32. The molecule has 0 fully saturated rings. The van der Waals surface area contributed by atoms with Gasteiger partial charge >= 0.3 is 0 Å². The maximum Gasteiger partial charge on any atom is 0.254 e. The Balaban J connectivity index is 2.95. The average molecular weight is 298 g/mol. The van der Waals surface area contributed by atoms with Crippen LogP contribution in [0.5, 0.6) is 0 Å². The average Bonchev–Trinajstić information content (AvgIpc) is 2.35. The van der Waals surface area contributed by atoms with Crippen LogP contribution in [0.25, 0.3) is 0 Å². The van der Waals surface area contributed by atoms with Gasteiger partial charge in [0.2, 0.25) is 5.91 Å². The van der Waals surface area contributed by atoms with Crippen LogP contribution >= 0.6 is 11.6 Å². The van der Waals surface area contributed by atoms with E-state index in [-0.39, 0.29) is 18.4 Å². The van der Waals surface area contributed by atoms with Crippen molar-refractivity contribution in [2.45, 2.75) is 13.3 Å². The lowest BCUT2D eigenvalue weighted by Gasteiger charge is -2.23. The van der Waals surface area contributed by atoms with E-state index >= 15 is 0 Å². The molecule has 0 heterocycles. The van der Waals surface area contributed by atoms with Crippen molar-refractivity contribution in [1.82, 2.24) is 9.80 Å². The summed E-state index contributed by atoms with van der Waals surface area (Å²) >= 11 is 5.91. The maximum absolute atomic E-state index is 12.4. The van der Waals surface area contributed by atoms with E-state index < -0.39 is 0 Å². The van der Waals surface area contributed by atoms with Crippen LogP contribution in [0.4, 0.5) is 5.69 Å². The molecule has 0 saturated carbocycles. The number of nitrogens with zero attached hydrogens (tertiary/aromatic N) is 2. The Kier molecular flexibility index (Phi) is 5.82. The van der Waals surface area contributed by atoms with Crippen molar-refractivity contribution in [2.24, 2.45) is 0 Å². The number of hydrogen-bond acceptors (Lipinski definition) is 3. The van der Waals surface area contributed by atoms with Crippen LogP contribution in [0.1, 0.15) is 23.7 Å². The van der Waals surface area contributed by atoms with Gasteiger partial charge in [0.15, 0.2) is 0 Å². The zero-order chi connectivity index (χ0) is 15.3. The molecule has 2 N–H and O–H groups in total. The summed E-state index contributed by atoms with van der Waals surface area (Å²) in [4.78, 5) is 27.2. The smallest absolute Gasteiger partial charge is 0.254 e. The van der Waals surface area contributed by atoms with Crippen LogP contribution in [0, 0.1) is 0 Å². The van der Waals surface area contributed by atoms with E-state index in [1.807, 2.05) is 6.92 Å². The molecule has 0 bridgehead atoms. The van der Waals surface area contributed by atoms with Crippen LogP contribution in [0.15, 0.2) is 18.2 Å². The predicted molar refractivity (Wildman–Crippen MR) is 80.8 cm³/mol. The number of likely N-dealkylation sites (N-methyl/N-ethyl adjacent to an activating group) is 1. The van der Waals surface area contributed by atoms with Crippen molar-refractivity contribution in [3.05, 3.63) is 28.8 Å². The molecule has 0 aliphatic carbocycles. The molecule has 0 atom stereocenters. The van der Waals surface area contributed by atoms with Crippen molar-refractivity contribution in [2.75, 3.05) is 32.9 Å². The third-order valence-electron chi connectivity index (χ3n) is 2.77. The van der Waals surface area contributed by atoms with Gasteiger partial charge in [-0.05, 0) is 24.6 Å². The Morgan fingerprint density at radius 1 is 1.25 bits per heavy atom. The number of halogens is 1. The van der Waals surface area contributed by atoms with Gasteiger partial charge in [-0.25, -0.2) is 0 Å². The number of anilines is 1. The summed E-state index contributed by atoms with van der Waals surface area (Å²) in [5.74, 6) is -0.363. The Hall–Kier alpha value is -1.75. The fourth-order valence-electron chi connectivity index (χ4n) is 1.75. The first-order valence-electron chi connectivity index (χ1n) is 6.40. The van der Waals surface area contributed by atoms with Crippen LogP contribution in [-0.4, -0.2) is 48.8 Å². The molecule has 0 spiro atoms. The highest BCUT2D eigenvalue weighted by Gasteiger charge is 2.19. The molecule has 0 saturated heterocycles. The highest BCUT2D eigenvalue weighted by molar-refractivity contribution is 6.31. The largest absolute Gasteiger partial charge is 0.399 e. The number of amides is 2. The first kappa shape index (κ1) is 16.3. The van der Waals surface area contributed by atoms with Crippen molar-refractivity contribution in [3.8, 4) is 0 Å². The van der Waals surface area contributed by atoms with Gasteiger partial charge < -0.3 is 15.5 Å². The van der Waals surface area contributed by atoms with Crippen molar-refractivity contribution >= 4 is 29.1 Å². The Bertz CT molecular complexity index is 483. The highest BCUT2D eigenvalue weighted by atomic mass is 35.5. The fraction of sp³-hybridized carbons (Fsp3) is 0.429. The third kappa shape index (κ3) is 4.42. The SMILES string of the molecule is CCCN(CC(=O)N(C)C)C(=O)c1cc(N)cc(Cl)c1. The van der Waals surface area contributed by atoms with Gasteiger partial charge in [-0.15, -0.1) is 0 Å². The molecule has 1 aromatic carbocycles. The van der Waals surface area contributed by atoms with Crippen LogP contribution in [-0.2, 0) is 4.79 Å². The quantitative estimate of drug-likeness (QED) is 0.844. The lowest BCUT2D eigenvalue weighted by Crippen LogP contribution is -2.40. The number of carbonyl (C=O) groups excluding carboxylic acids is 2. The van der Waals surface area contributed by atoms with Crippen LogP contribution < -0.4 is 5.73 Å². The summed E-state index contributed by atoms with van der Waals surface area (Å²) in [6.45, 7) is 2.50. The van der Waals surface area contributed by atoms with E-state index in [0.29, 0.717) is 22.8 Å². The molecular weight excluding hydrogens is 278 g/mol. The molecule has 5 nitrogen and oxygen atoms in total. The second-order valence-corrected chi connectivity index (χ2v) is 5.22. The second-order valence-electron chi connectivity index (χ2n) is 4.79. The first-order chi connectivity index (χ1) is 9.35. The number of nitrogen functional groups attached to an aromatic ring is 1. The van der Waals surface area contributed by atoms with Crippen molar-refractivity contribution in [1.29, 1.82) is 0 Å². The van der Waals surface area contributed by atoms with E-state index in [0.717, 1.165) is 6.42 Å². The minimum atomic E-state index is -0.240. The van der Waals surface area contributed by atoms with Crippen LogP contribution in [0.3, 0.4) is 0 Å². The molecule has 20 heavy (non-hydrogen) atoms. The molecule has 0 unspecified atom stereocenters. The topological polar surface area (TPSA) is 66.6 Å². The molecule has 110 valence electrons. The minimum Gasteiger partial charge on any atom is -0.399 e. The number of benzene rings is 1. The Labute approximate surface area is 124 Å². The van der Waals surface area contributed by atoms with E-state index in [2.05, 4.69) is 0 Å². The summed E-state index contributed by atoms with van der Waals surface area (Å²) < 4.78 is 0. The highest BCUT2D eigenvalue weighted by Crippen LogP contribution is 2.18. The number of rotatable bonds is 5. The van der Waals surface area contributed by atoms with Crippen LogP contribution in [0.2, 0.25) is 5.02 Å². The van der Waals surface area contributed by atoms with E-state index in [1.54, 1.807) is 32.3 Å². The molecule has 0 aliphatic rings. The van der Waals surface area contributed by atoms with E-state index in [1.165, 1.54) is 9.80 Å². The molecule has 0 aliphatic heterocycles. The normalized spacial score (nSPS) is 10.2. The molecule has 6 heteroatoms. The molecule has 1 aromatic rings. The summed E-state index contributed by atoms with van der Waals surface area (Å²) in [5.41, 5.74) is 6.52. The van der Waals surface area contributed by atoms with Gasteiger partial charge in [0.05, 0.1) is 0 Å². The second kappa shape index (κ2) is 7.14. The Morgan fingerprint density at radius 2 is 1.90 bits per heavy atom. The summed E-state index contributed by atoms with van der Waals surface area (Å²) in [5, 5.41) is 0.406. The van der Waals surface area contributed by atoms with Gasteiger partial charge in [-0.3, -0.25) is 9.59 Å². The Morgan fingerprint density at radius 3 is 2.40 bits per heavy atom. The minimum absolute atomic E-state index is 0.0477. The maximum atomic E-state index is 12.4. The van der Waals surface area contributed by atoms with E-state index in [4.69, 9.17) is 17.3 Å². The summed E-state index contributed by atoms with van der Waals surface area (Å²) in [6, 6.07) is 4.70. The number of nitrogens with two attached hydrogens (primary N) is 1. The molecule has 0 aromatic heterocycles. The summed E-state index contributed by atoms with van der Waals surface area (Å²) in [6.07, 6.45) is 0.766. The number of carbonyl (C=O) groups is 2. The van der Waals surface area contributed by atoms with Gasteiger partial charge in [-0.2, -0.15) is 0 Å². The zero-order valence-corrected chi connectivity index (χ0v) is 12.8. The molecule has 0 radical (unpaired) electrons. The standard InChI is InChI=1S/C14H20ClN3O2/c1-4-5-18(9-13(19)17(2)3)14(20)10-6-11(15)8-12(16)7-10/h6-8H,4-5,9,16H2,1-3H3.